The fourth-order valence-corrected chi connectivity index (χ4v) is 10.5. The standard InChI is InChI=1S/C32H68P.2CH2N2/c1-5-9-13-17-18-19-20-21-22-23-24-28-32-33(29-25-14-10-6-2,30-26-15-11-7-3)31-27-16-12-8-4;2*2-1-3/h5-32H2,1-4H3;2*2H2/q+1;;. The lowest BCUT2D eigenvalue weighted by Crippen LogP contribution is -2.13. The molecule has 0 spiro atoms. The molecular formula is C34H72N4P+. The Morgan fingerprint density at radius 3 is 0.718 bits per heavy atom. The summed E-state index contributed by atoms with van der Waals surface area (Å²) in [7, 11) is -0.697. The summed E-state index contributed by atoms with van der Waals surface area (Å²) in [5, 5.41) is 14.2. The Hall–Kier alpha value is -0.990. The summed E-state index contributed by atoms with van der Waals surface area (Å²) in [6.07, 6.45) is 44.6. The van der Waals surface area contributed by atoms with Crippen LogP contribution in [-0.4, -0.2) is 24.6 Å². The molecule has 0 rings (SSSR count). The first kappa shape index (κ1) is 42.5. The highest BCUT2D eigenvalue weighted by molar-refractivity contribution is 7.75. The van der Waals surface area contributed by atoms with Crippen LogP contribution in [-0.2, 0) is 0 Å². The summed E-state index contributed by atoms with van der Waals surface area (Å²) in [5.74, 6) is 0. The number of nitrogens with two attached hydrogens (primary N) is 2. The molecule has 232 valence electrons. The monoisotopic (exact) mass is 568 g/mol. The quantitative estimate of drug-likeness (QED) is 0.0425. The Balaban J connectivity index is -0.00000196. The normalized spacial score (nSPS) is 10.5. The van der Waals surface area contributed by atoms with E-state index in [4.69, 9.17) is 10.5 Å². The van der Waals surface area contributed by atoms with E-state index in [1.165, 1.54) is 141 Å². The van der Waals surface area contributed by atoms with Gasteiger partial charge in [-0.25, -0.2) is 0 Å². The van der Waals surface area contributed by atoms with Crippen molar-refractivity contribution in [1.29, 1.82) is 10.5 Å². The average Bonchev–Trinajstić information content (AvgIpc) is 2.93. The van der Waals surface area contributed by atoms with Crippen molar-refractivity contribution in [3.05, 3.63) is 0 Å². The van der Waals surface area contributed by atoms with E-state index >= 15 is 0 Å². The molecule has 0 aromatic heterocycles. The lowest BCUT2D eigenvalue weighted by atomic mass is 10.1. The Labute approximate surface area is 247 Å². The molecule has 0 heterocycles. The van der Waals surface area contributed by atoms with Crippen LogP contribution in [0.25, 0.3) is 0 Å². The van der Waals surface area contributed by atoms with Gasteiger partial charge in [-0.2, -0.15) is 10.5 Å². The maximum atomic E-state index is 7.10. The third kappa shape index (κ3) is 37.0. The summed E-state index contributed by atoms with van der Waals surface area (Å²) >= 11 is 0. The second kappa shape index (κ2) is 39.2. The molecule has 0 radical (unpaired) electrons. The predicted molar refractivity (Wildman–Crippen MR) is 179 cm³/mol. The third-order valence-electron chi connectivity index (χ3n) is 7.94. The zero-order valence-corrected chi connectivity index (χ0v) is 28.2. The molecule has 0 aliphatic rings. The summed E-state index contributed by atoms with van der Waals surface area (Å²) in [6.45, 7) is 9.41. The largest absolute Gasteiger partial charge is 0.337 e. The Kier molecular flexibility index (Phi) is 42.6. The van der Waals surface area contributed by atoms with Crippen molar-refractivity contribution in [3.8, 4) is 12.4 Å². The molecule has 5 heteroatoms. The molecule has 0 amide bonds. The van der Waals surface area contributed by atoms with Crippen LogP contribution >= 0.6 is 7.26 Å². The highest BCUT2D eigenvalue weighted by Crippen LogP contribution is 2.61. The predicted octanol–water partition coefficient (Wildman–Crippen LogP) is 11.3. The molecular weight excluding hydrogens is 495 g/mol. The molecule has 39 heavy (non-hydrogen) atoms. The van der Waals surface area contributed by atoms with E-state index in [2.05, 4.69) is 39.2 Å². The van der Waals surface area contributed by atoms with Gasteiger partial charge < -0.3 is 11.5 Å². The van der Waals surface area contributed by atoms with Gasteiger partial charge in [-0.1, -0.05) is 130 Å². The maximum absolute atomic E-state index is 7.10. The first-order chi connectivity index (χ1) is 19.1. The van der Waals surface area contributed by atoms with Gasteiger partial charge in [0.15, 0.2) is 12.4 Å². The van der Waals surface area contributed by atoms with Crippen LogP contribution in [0.1, 0.15) is 182 Å². The van der Waals surface area contributed by atoms with Gasteiger partial charge in [0.1, 0.15) is 0 Å². The number of hydrogen-bond acceptors (Lipinski definition) is 4. The van der Waals surface area contributed by atoms with Crippen LogP contribution in [0.15, 0.2) is 0 Å². The van der Waals surface area contributed by atoms with Gasteiger partial charge in [0.25, 0.3) is 0 Å². The number of unbranched alkanes of at least 4 members (excludes halogenated alkanes) is 20. The molecule has 0 saturated carbocycles. The maximum Gasteiger partial charge on any atom is 0.173 e. The highest BCUT2D eigenvalue weighted by Gasteiger charge is 2.34. The van der Waals surface area contributed by atoms with E-state index in [0.29, 0.717) is 0 Å². The molecule has 0 aliphatic carbocycles. The molecule has 0 unspecified atom stereocenters. The van der Waals surface area contributed by atoms with E-state index in [1.54, 1.807) is 50.3 Å². The SMILES string of the molecule is CCCCCCCCCCCCCC[P+](CCCCCC)(CCCCCC)CCCCCC.N#CN.N#CN. The lowest BCUT2D eigenvalue weighted by Gasteiger charge is -2.28. The van der Waals surface area contributed by atoms with Gasteiger partial charge in [-0.05, 0) is 51.4 Å². The van der Waals surface area contributed by atoms with Crippen LogP contribution in [0, 0.1) is 22.9 Å². The van der Waals surface area contributed by atoms with Crippen molar-refractivity contribution in [3.63, 3.8) is 0 Å². The first-order valence-electron chi connectivity index (χ1n) is 17.1. The minimum atomic E-state index is -0.697. The Morgan fingerprint density at radius 1 is 0.359 bits per heavy atom. The zero-order valence-electron chi connectivity index (χ0n) is 27.3. The van der Waals surface area contributed by atoms with Crippen LogP contribution in [0.2, 0.25) is 0 Å². The Bertz CT molecular complexity index is 469. The molecule has 0 atom stereocenters. The van der Waals surface area contributed by atoms with E-state index in [-0.39, 0.29) is 0 Å². The van der Waals surface area contributed by atoms with E-state index < -0.39 is 7.26 Å². The van der Waals surface area contributed by atoms with Crippen molar-refractivity contribution in [2.45, 2.75) is 182 Å². The van der Waals surface area contributed by atoms with Crippen molar-refractivity contribution in [2.75, 3.05) is 24.6 Å². The number of hydrogen-bond donors (Lipinski definition) is 2. The highest BCUT2D eigenvalue weighted by atomic mass is 31.2. The van der Waals surface area contributed by atoms with Crippen LogP contribution in [0.3, 0.4) is 0 Å². The lowest BCUT2D eigenvalue weighted by molar-refractivity contribution is 0.548. The minimum Gasteiger partial charge on any atom is -0.337 e. The van der Waals surface area contributed by atoms with Gasteiger partial charge in [0.05, 0.1) is 24.6 Å². The van der Waals surface area contributed by atoms with E-state index in [1.807, 2.05) is 0 Å². The fourth-order valence-electron chi connectivity index (χ4n) is 5.58. The van der Waals surface area contributed by atoms with Crippen molar-refractivity contribution in [2.24, 2.45) is 11.5 Å². The summed E-state index contributed by atoms with van der Waals surface area (Å²) in [6, 6.07) is 0. The van der Waals surface area contributed by atoms with Crippen LogP contribution in [0.5, 0.6) is 0 Å². The topological polar surface area (TPSA) is 99.6 Å². The summed E-state index contributed by atoms with van der Waals surface area (Å²) in [4.78, 5) is 0. The Morgan fingerprint density at radius 2 is 0.513 bits per heavy atom. The molecule has 0 aromatic rings. The fraction of sp³-hybridized carbons (Fsp3) is 0.941. The molecule has 0 saturated heterocycles. The van der Waals surface area contributed by atoms with Crippen LogP contribution < -0.4 is 11.5 Å². The molecule has 0 bridgehead atoms. The third-order valence-corrected chi connectivity index (χ3v) is 13.0. The summed E-state index contributed by atoms with van der Waals surface area (Å²) in [5.41, 5.74) is 8.31. The average molecular weight is 568 g/mol. The molecule has 0 fully saturated rings. The van der Waals surface area contributed by atoms with Crippen LogP contribution in [0.4, 0.5) is 0 Å². The van der Waals surface area contributed by atoms with E-state index in [9.17, 15) is 0 Å². The van der Waals surface area contributed by atoms with Gasteiger partial charge in [-0.3, -0.25) is 0 Å². The minimum absolute atomic E-state index is 0.697. The number of nitrogens with zero attached hydrogens (tertiary/aromatic N) is 2. The first-order valence-corrected chi connectivity index (χ1v) is 19.6. The van der Waals surface area contributed by atoms with Gasteiger partial charge in [0, 0.05) is 7.26 Å². The van der Waals surface area contributed by atoms with Gasteiger partial charge in [0.2, 0.25) is 0 Å². The summed E-state index contributed by atoms with van der Waals surface area (Å²) < 4.78 is 0. The molecule has 4 nitrogen and oxygen atoms in total. The molecule has 4 N–H and O–H groups in total. The second-order valence-electron chi connectivity index (χ2n) is 11.6. The molecule has 0 aliphatic heterocycles. The van der Waals surface area contributed by atoms with Gasteiger partial charge >= 0.3 is 0 Å². The van der Waals surface area contributed by atoms with Crippen molar-refractivity contribution in [1.82, 2.24) is 0 Å². The van der Waals surface area contributed by atoms with Gasteiger partial charge in [-0.15, -0.1) is 0 Å². The van der Waals surface area contributed by atoms with Crippen molar-refractivity contribution >= 4 is 7.26 Å². The smallest absolute Gasteiger partial charge is 0.173 e. The molecule has 0 aromatic carbocycles. The zero-order chi connectivity index (χ0) is 29.7. The number of rotatable bonds is 28. The second-order valence-corrected chi connectivity index (χ2v) is 16.0. The van der Waals surface area contributed by atoms with Crippen molar-refractivity contribution < 1.29 is 0 Å². The number of nitriles is 2. The van der Waals surface area contributed by atoms with E-state index in [0.717, 1.165) is 0 Å².